The summed E-state index contributed by atoms with van der Waals surface area (Å²) in [6.45, 7) is 0. The number of benzene rings is 1. The van der Waals surface area contributed by atoms with Crippen molar-refractivity contribution >= 4 is 31.7 Å². The number of sulfonamides is 1. The number of anilines is 1. The zero-order chi connectivity index (χ0) is 18.1. The van der Waals surface area contributed by atoms with E-state index in [1.54, 1.807) is 0 Å². The van der Waals surface area contributed by atoms with E-state index in [4.69, 9.17) is 0 Å². The lowest BCUT2D eigenvalue weighted by Crippen LogP contribution is -2.35. The Morgan fingerprint density at radius 2 is 1.96 bits per heavy atom. The van der Waals surface area contributed by atoms with Gasteiger partial charge >= 0.3 is 0 Å². The molecular weight excluding hydrogens is 370 g/mol. The van der Waals surface area contributed by atoms with Gasteiger partial charge in [0.15, 0.2) is 9.84 Å². The number of rotatable bonds is 5. The van der Waals surface area contributed by atoms with Gasteiger partial charge in [-0.3, -0.25) is 10.1 Å². The first-order valence-corrected chi connectivity index (χ1v) is 10.6. The van der Waals surface area contributed by atoms with E-state index in [0.29, 0.717) is 0 Å². The molecule has 0 aliphatic carbocycles. The first-order valence-electron chi connectivity index (χ1n) is 7.25. The molecule has 1 atom stereocenters. The number of aromatic amines is 1. The van der Waals surface area contributed by atoms with E-state index in [0.717, 1.165) is 0 Å². The fourth-order valence-corrected chi connectivity index (χ4v) is 5.46. The number of amides is 1. The van der Waals surface area contributed by atoms with Crippen LogP contribution in [0.15, 0.2) is 35.5 Å². The van der Waals surface area contributed by atoms with Crippen LogP contribution in [-0.2, 0) is 19.9 Å². The summed E-state index contributed by atoms with van der Waals surface area (Å²) in [7, 11) is -7.05. The maximum absolute atomic E-state index is 12.3. The van der Waals surface area contributed by atoms with Gasteiger partial charge in [-0.25, -0.2) is 26.7 Å². The fraction of sp³-hybridized carbons (Fsp3) is 0.308. The number of sulfone groups is 1. The number of carbonyl (C=O) groups is 1. The van der Waals surface area contributed by atoms with Crippen LogP contribution >= 0.6 is 0 Å². The Balaban J connectivity index is 1.69. The zero-order valence-electron chi connectivity index (χ0n) is 12.8. The molecule has 3 rings (SSSR count). The van der Waals surface area contributed by atoms with Crippen LogP contribution in [-0.4, -0.2) is 55.5 Å². The van der Waals surface area contributed by atoms with Gasteiger partial charge in [-0.2, -0.15) is 10.1 Å². The normalized spacial score (nSPS) is 19.6. The van der Waals surface area contributed by atoms with Gasteiger partial charge in [0.2, 0.25) is 16.0 Å². The largest absolute Gasteiger partial charge is 0.291 e. The van der Waals surface area contributed by atoms with Gasteiger partial charge in [0.25, 0.3) is 5.91 Å². The predicted molar refractivity (Wildman–Crippen MR) is 88.2 cm³/mol. The zero-order valence-corrected chi connectivity index (χ0v) is 14.5. The Morgan fingerprint density at radius 3 is 2.52 bits per heavy atom. The average Bonchev–Trinajstić information content (AvgIpc) is 3.16. The summed E-state index contributed by atoms with van der Waals surface area (Å²) < 4.78 is 49.8. The average molecular weight is 385 g/mol. The van der Waals surface area contributed by atoms with Gasteiger partial charge in [-0.1, -0.05) is 0 Å². The van der Waals surface area contributed by atoms with Gasteiger partial charge in [-0.05, 0) is 30.7 Å². The third-order valence-electron chi connectivity index (χ3n) is 3.63. The van der Waals surface area contributed by atoms with E-state index in [2.05, 4.69) is 25.2 Å². The number of aromatic nitrogens is 3. The second kappa shape index (κ2) is 6.54. The molecule has 1 aromatic heterocycles. The second-order valence-corrected chi connectivity index (χ2v) is 9.48. The van der Waals surface area contributed by atoms with E-state index >= 15 is 0 Å². The number of carbonyl (C=O) groups excluding carboxylic acids is 1. The summed E-state index contributed by atoms with van der Waals surface area (Å²) in [6, 6.07) is 4.63. The van der Waals surface area contributed by atoms with Crippen molar-refractivity contribution in [3.63, 3.8) is 0 Å². The van der Waals surface area contributed by atoms with Gasteiger partial charge in [0.1, 0.15) is 6.33 Å². The highest BCUT2D eigenvalue weighted by Gasteiger charge is 2.31. The van der Waals surface area contributed by atoms with Crippen LogP contribution < -0.4 is 10.0 Å². The van der Waals surface area contributed by atoms with Gasteiger partial charge in [0, 0.05) is 11.6 Å². The molecule has 2 aromatic rings. The lowest BCUT2D eigenvalue weighted by atomic mass is 10.2. The molecule has 1 aliphatic rings. The molecule has 25 heavy (non-hydrogen) atoms. The van der Waals surface area contributed by atoms with Crippen LogP contribution in [0.1, 0.15) is 16.8 Å². The molecule has 0 spiro atoms. The Hall–Kier alpha value is -2.31. The molecule has 0 radical (unpaired) electrons. The van der Waals surface area contributed by atoms with E-state index in [1.807, 2.05) is 0 Å². The summed E-state index contributed by atoms with van der Waals surface area (Å²) in [6.07, 6.45) is 1.49. The highest BCUT2D eigenvalue weighted by atomic mass is 32.2. The van der Waals surface area contributed by atoms with Crippen molar-refractivity contribution in [2.45, 2.75) is 17.4 Å². The van der Waals surface area contributed by atoms with Crippen LogP contribution in [0, 0.1) is 0 Å². The highest BCUT2D eigenvalue weighted by molar-refractivity contribution is 7.92. The van der Waals surface area contributed by atoms with Crippen molar-refractivity contribution in [2.75, 3.05) is 16.8 Å². The molecule has 1 fully saturated rings. The summed E-state index contributed by atoms with van der Waals surface area (Å²) in [5, 5.41) is 8.53. The molecule has 12 heteroatoms. The van der Waals surface area contributed by atoms with E-state index in [-0.39, 0.29) is 34.3 Å². The Bertz CT molecular complexity index is 968. The van der Waals surface area contributed by atoms with Gasteiger partial charge < -0.3 is 0 Å². The minimum atomic E-state index is -3.86. The maximum atomic E-state index is 12.3. The third-order valence-corrected chi connectivity index (χ3v) is 6.93. The number of hydrogen-bond acceptors (Lipinski definition) is 7. The Labute approximate surface area is 144 Å². The van der Waals surface area contributed by atoms with Crippen molar-refractivity contribution in [3.8, 4) is 0 Å². The molecule has 1 aliphatic heterocycles. The van der Waals surface area contributed by atoms with Crippen molar-refractivity contribution in [1.82, 2.24) is 19.9 Å². The third kappa shape index (κ3) is 4.21. The Morgan fingerprint density at radius 1 is 1.24 bits per heavy atom. The second-order valence-electron chi connectivity index (χ2n) is 5.53. The predicted octanol–water partition coefficient (Wildman–Crippen LogP) is -0.478. The first-order chi connectivity index (χ1) is 11.8. The molecule has 0 unspecified atom stereocenters. The number of nitrogens with one attached hydrogen (secondary N) is 3. The molecule has 2 heterocycles. The highest BCUT2D eigenvalue weighted by Crippen LogP contribution is 2.16. The summed E-state index contributed by atoms with van der Waals surface area (Å²) >= 11 is 0. The molecule has 1 amide bonds. The fourth-order valence-electron chi connectivity index (χ4n) is 2.41. The van der Waals surface area contributed by atoms with Crippen molar-refractivity contribution in [1.29, 1.82) is 0 Å². The van der Waals surface area contributed by atoms with Crippen LogP contribution in [0.25, 0.3) is 0 Å². The number of H-pyrrole nitrogens is 1. The van der Waals surface area contributed by atoms with Crippen LogP contribution in [0.2, 0.25) is 0 Å². The molecule has 3 N–H and O–H groups in total. The number of hydrogen-bond donors (Lipinski definition) is 3. The summed E-state index contributed by atoms with van der Waals surface area (Å²) in [4.78, 5) is 15.7. The van der Waals surface area contributed by atoms with E-state index < -0.39 is 31.8 Å². The van der Waals surface area contributed by atoms with Crippen molar-refractivity contribution < 1.29 is 21.6 Å². The monoisotopic (exact) mass is 385 g/mol. The molecule has 1 saturated heterocycles. The minimum absolute atomic E-state index is 0.0269. The van der Waals surface area contributed by atoms with Crippen LogP contribution in [0.4, 0.5) is 5.95 Å². The topological polar surface area (TPSA) is 151 Å². The lowest BCUT2D eigenvalue weighted by Gasteiger charge is -2.12. The van der Waals surface area contributed by atoms with Gasteiger partial charge in [0.05, 0.1) is 16.4 Å². The molecule has 10 nitrogen and oxygen atoms in total. The molecule has 0 saturated carbocycles. The van der Waals surface area contributed by atoms with Crippen molar-refractivity contribution in [3.05, 3.63) is 36.2 Å². The minimum Gasteiger partial charge on any atom is -0.291 e. The Kier molecular flexibility index (Phi) is 4.58. The van der Waals surface area contributed by atoms with Crippen LogP contribution in [0.3, 0.4) is 0 Å². The smallest absolute Gasteiger partial charge is 0.258 e. The van der Waals surface area contributed by atoms with E-state index in [9.17, 15) is 21.6 Å². The maximum Gasteiger partial charge on any atom is 0.258 e. The lowest BCUT2D eigenvalue weighted by molar-refractivity contribution is 0.102. The molecular formula is C13H15N5O5S2. The first kappa shape index (κ1) is 17.5. The molecule has 0 bridgehead atoms. The molecule has 1 aromatic carbocycles. The quantitative estimate of drug-likeness (QED) is 0.629. The van der Waals surface area contributed by atoms with Crippen molar-refractivity contribution in [2.24, 2.45) is 0 Å². The molecule has 134 valence electrons. The summed E-state index contributed by atoms with van der Waals surface area (Å²) in [5.41, 5.74) is 0.235. The standard InChI is InChI=1S/C13H15N5O5S2/c19-12(16-13-14-8-15-17-13)9-1-3-11(4-2-9)25(22,23)18-10-5-6-24(20,21)7-10/h1-4,8,10,18H,5-7H2,(H2,14,15,16,17,19)/t10-/m1/s1. The SMILES string of the molecule is O=C(Nc1ncn[nH]1)c1ccc(S(=O)(=O)N[C@@H]2CCS(=O)(=O)C2)cc1. The number of nitrogens with zero attached hydrogens (tertiary/aromatic N) is 2. The van der Waals surface area contributed by atoms with Crippen LogP contribution in [0.5, 0.6) is 0 Å². The van der Waals surface area contributed by atoms with Gasteiger partial charge in [-0.15, -0.1) is 0 Å². The van der Waals surface area contributed by atoms with E-state index in [1.165, 1.54) is 30.6 Å². The summed E-state index contributed by atoms with van der Waals surface area (Å²) in [5.74, 6) is -0.536.